The molecule has 0 unspecified atom stereocenters. The summed E-state index contributed by atoms with van der Waals surface area (Å²) in [6.45, 7) is 4.29. The lowest BCUT2D eigenvalue weighted by atomic mass is 10.1. The van der Waals surface area contributed by atoms with Crippen LogP contribution in [-0.4, -0.2) is 17.1 Å². The summed E-state index contributed by atoms with van der Waals surface area (Å²) in [6.07, 6.45) is 0.845. The number of methoxy groups -OCH3 is 1. The first kappa shape index (κ1) is 16.2. The molecule has 0 amide bonds. The highest BCUT2D eigenvalue weighted by molar-refractivity contribution is 9.11. The number of aromatic nitrogens is 2. The molecule has 2 aromatic rings. The Morgan fingerprint density at radius 2 is 1.95 bits per heavy atom. The van der Waals surface area contributed by atoms with E-state index in [1.165, 1.54) is 0 Å². The van der Waals surface area contributed by atoms with E-state index < -0.39 is 0 Å². The van der Waals surface area contributed by atoms with Gasteiger partial charge in [0, 0.05) is 5.56 Å². The number of nitrogen functional groups attached to an aromatic ring is 1. The predicted molar refractivity (Wildman–Crippen MR) is 92.4 cm³/mol. The van der Waals surface area contributed by atoms with Crippen molar-refractivity contribution in [1.29, 1.82) is 0 Å². The van der Waals surface area contributed by atoms with E-state index in [1.54, 1.807) is 7.11 Å². The Kier molecular flexibility index (Phi) is 5.22. The average molecular weight is 415 g/mol. The lowest BCUT2D eigenvalue weighted by molar-refractivity contribution is 0.412. The zero-order valence-electron chi connectivity index (χ0n) is 12.2. The number of ether oxygens (including phenoxy) is 1. The van der Waals surface area contributed by atoms with Gasteiger partial charge in [0.2, 0.25) is 0 Å². The molecule has 0 saturated carbocycles. The molecule has 0 atom stereocenters. The van der Waals surface area contributed by atoms with Crippen LogP contribution in [0.15, 0.2) is 27.1 Å². The number of hydrogen-bond donors (Lipinski definition) is 1. The van der Waals surface area contributed by atoms with E-state index in [-0.39, 0.29) is 0 Å². The Morgan fingerprint density at radius 3 is 2.52 bits per heavy atom. The minimum Gasteiger partial charge on any atom is -0.496 e. The van der Waals surface area contributed by atoms with Gasteiger partial charge in [-0.3, -0.25) is 0 Å². The van der Waals surface area contributed by atoms with Crippen LogP contribution in [0, 0.1) is 5.92 Å². The largest absolute Gasteiger partial charge is 0.496 e. The number of rotatable bonds is 4. The van der Waals surface area contributed by atoms with Gasteiger partial charge < -0.3 is 10.5 Å². The monoisotopic (exact) mass is 413 g/mol. The minimum absolute atomic E-state index is 0.461. The Hall–Kier alpha value is -1.14. The number of hydrogen-bond acceptors (Lipinski definition) is 4. The molecule has 0 aliphatic heterocycles. The molecule has 0 saturated heterocycles. The predicted octanol–water partition coefficient (Wildman–Crippen LogP) is 4.46. The molecule has 2 rings (SSSR count). The molecule has 6 heteroatoms. The highest BCUT2D eigenvalue weighted by atomic mass is 79.9. The smallest absolute Gasteiger partial charge is 0.161 e. The molecule has 0 fully saturated rings. The lowest BCUT2D eigenvalue weighted by Crippen LogP contribution is -2.05. The molecule has 1 heterocycles. The molecule has 0 radical (unpaired) electrons. The summed E-state index contributed by atoms with van der Waals surface area (Å²) in [6, 6.07) is 5.73. The van der Waals surface area contributed by atoms with Gasteiger partial charge in [-0.2, -0.15) is 0 Å². The van der Waals surface area contributed by atoms with Gasteiger partial charge in [-0.15, -0.1) is 0 Å². The zero-order chi connectivity index (χ0) is 15.6. The first-order chi connectivity index (χ1) is 9.92. The highest BCUT2D eigenvalue weighted by Gasteiger charge is 2.13. The molecule has 1 aromatic carbocycles. The van der Waals surface area contributed by atoms with Crippen LogP contribution in [0.5, 0.6) is 5.75 Å². The summed E-state index contributed by atoms with van der Waals surface area (Å²) < 4.78 is 6.88. The number of nitrogens with zero attached hydrogens (tertiary/aromatic N) is 2. The van der Waals surface area contributed by atoms with Gasteiger partial charge in [0.1, 0.15) is 11.6 Å². The Bertz CT molecular complexity index is 660. The lowest BCUT2D eigenvalue weighted by Gasteiger charge is -2.11. The molecule has 0 aliphatic rings. The van der Waals surface area contributed by atoms with Gasteiger partial charge in [0.15, 0.2) is 5.82 Å². The first-order valence-corrected chi connectivity index (χ1v) is 8.16. The number of nitrogens with two attached hydrogens (primary N) is 1. The molecule has 2 N–H and O–H groups in total. The van der Waals surface area contributed by atoms with E-state index >= 15 is 0 Å². The molecular weight excluding hydrogens is 398 g/mol. The third kappa shape index (κ3) is 3.74. The summed E-state index contributed by atoms with van der Waals surface area (Å²) in [5.74, 6) is 2.34. The van der Waals surface area contributed by atoms with Gasteiger partial charge in [-0.05, 0) is 62.4 Å². The standard InChI is InChI=1S/C15H17Br2N3O/c1-8(2)6-11-13(17)14(18)20-15(19-11)9-4-5-12(21-3)10(16)7-9/h4-5,7-8H,6H2,1-3H3,(H2,18,19,20). The van der Waals surface area contributed by atoms with Crippen LogP contribution in [0.3, 0.4) is 0 Å². The minimum atomic E-state index is 0.461. The Morgan fingerprint density at radius 1 is 1.24 bits per heavy atom. The van der Waals surface area contributed by atoms with Crippen molar-refractivity contribution in [3.8, 4) is 17.1 Å². The van der Waals surface area contributed by atoms with Crippen molar-refractivity contribution >= 4 is 37.7 Å². The van der Waals surface area contributed by atoms with Gasteiger partial charge in [0.25, 0.3) is 0 Å². The maximum absolute atomic E-state index is 5.99. The maximum atomic E-state index is 5.99. The van der Waals surface area contributed by atoms with E-state index in [2.05, 4.69) is 55.7 Å². The average Bonchev–Trinajstić information content (AvgIpc) is 2.43. The Labute approximate surface area is 141 Å². The van der Waals surface area contributed by atoms with Crippen molar-refractivity contribution in [1.82, 2.24) is 9.97 Å². The maximum Gasteiger partial charge on any atom is 0.161 e. The summed E-state index contributed by atoms with van der Waals surface area (Å²) >= 11 is 6.95. The number of halogens is 2. The topological polar surface area (TPSA) is 61.0 Å². The van der Waals surface area contributed by atoms with Crippen molar-refractivity contribution in [2.45, 2.75) is 20.3 Å². The highest BCUT2D eigenvalue weighted by Crippen LogP contribution is 2.31. The van der Waals surface area contributed by atoms with Crippen LogP contribution in [0.1, 0.15) is 19.5 Å². The quantitative estimate of drug-likeness (QED) is 0.802. The van der Waals surface area contributed by atoms with Crippen LogP contribution in [-0.2, 0) is 6.42 Å². The second kappa shape index (κ2) is 6.75. The summed E-state index contributed by atoms with van der Waals surface area (Å²) in [5, 5.41) is 0. The molecule has 4 nitrogen and oxygen atoms in total. The van der Waals surface area contributed by atoms with E-state index in [9.17, 15) is 0 Å². The fraction of sp³-hybridized carbons (Fsp3) is 0.333. The van der Waals surface area contributed by atoms with Crippen LogP contribution in [0.4, 0.5) is 5.82 Å². The van der Waals surface area contributed by atoms with Gasteiger partial charge in [0.05, 0.1) is 21.7 Å². The van der Waals surface area contributed by atoms with Crippen LogP contribution < -0.4 is 10.5 Å². The summed E-state index contributed by atoms with van der Waals surface area (Å²) in [7, 11) is 1.63. The first-order valence-electron chi connectivity index (χ1n) is 6.58. The summed E-state index contributed by atoms with van der Waals surface area (Å²) in [5.41, 5.74) is 7.82. The molecule has 21 heavy (non-hydrogen) atoms. The fourth-order valence-electron chi connectivity index (χ4n) is 1.97. The molecule has 0 aliphatic carbocycles. The van der Waals surface area contributed by atoms with E-state index in [1.807, 2.05) is 18.2 Å². The van der Waals surface area contributed by atoms with Crippen molar-refractivity contribution in [2.75, 3.05) is 12.8 Å². The SMILES string of the molecule is COc1ccc(-c2nc(N)c(Br)c(CC(C)C)n2)cc1Br. The zero-order valence-corrected chi connectivity index (χ0v) is 15.3. The van der Waals surface area contributed by atoms with E-state index in [4.69, 9.17) is 10.5 Å². The van der Waals surface area contributed by atoms with Gasteiger partial charge in [-0.25, -0.2) is 9.97 Å². The molecule has 1 aromatic heterocycles. The molecule has 0 bridgehead atoms. The Balaban J connectivity index is 2.49. The molecule has 112 valence electrons. The van der Waals surface area contributed by atoms with E-state index in [0.717, 1.165) is 32.4 Å². The molecule has 0 spiro atoms. The van der Waals surface area contributed by atoms with Crippen molar-refractivity contribution in [3.05, 3.63) is 32.8 Å². The second-order valence-corrected chi connectivity index (χ2v) is 6.79. The van der Waals surface area contributed by atoms with Crippen molar-refractivity contribution in [3.63, 3.8) is 0 Å². The normalized spacial score (nSPS) is 11.0. The van der Waals surface area contributed by atoms with Crippen molar-refractivity contribution in [2.24, 2.45) is 5.92 Å². The summed E-state index contributed by atoms with van der Waals surface area (Å²) in [4.78, 5) is 9.01. The van der Waals surface area contributed by atoms with Gasteiger partial charge >= 0.3 is 0 Å². The van der Waals surface area contributed by atoms with Crippen molar-refractivity contribution < 1.29 is 4.74 Å². The van der Waals surface area contributed by atoms with Gasteiger partial charge in [-0.1, -0.05) is 13.8 Å². The van der Waals surface area contributed by atoms with Crippen LogP contribution in [0.2, 0.25) is 0 Å². The van der Waals surface area contributed by atoms with Crippen LogP contribution in [0.25, 0.3) is 11.4 Å². The molecular formula is C15H17Br2N3O. The number of benzene rings is 1. The second-order valence-electron chi connectivity index (χ2n) is 5.14. The fourth-order valence-corrected chi connectivity index (χ4v) is 2.85. The van der Waals surface area contributed by atoms with Crippen LogP contribution >= 0.6 is 31.9 Å². The van der Waals surface area contributed by atoms with E-state index in [0.29, 0.717) is 17.6 Å². The third-order valence-electron chi connectivity index (χ3n) is 2.96. The third-order valence-corrected chi connectivity index (χ3v) is 4.44. The number of anilines is 1.